The number of hydrogen-bond acceptors (Lipinski definition) is 4. The zero-order chi connectivity index (χ0) is 28.4. The fraction of sp³-hybridized carbons (Fsp3) is 0.269. The summed E-state index contributed by atoms with van der Waals surface area (Å²) in [6, 6.07) is 9.98. The van der Waals surface area contributed by atoms with Gasteiger partial charge in [0, 0.05) is 25.1 Å². The summed E-state index contributed by atoms with van der Waals surface area (Å²) in [4.78, 5) is 12.7. The predicted octanol–water partition coefficient (Wildman–Crippen LogP) is 5.60. The number of nitrogens with zero attached hydrogens (tertiary/aromatic N) is 2. The number of rotatable bonds is 8. The lowest BCUT2D eigenvalue weighted by Gasteiger charge is -2.15. The number of methoxy groups -OCH3 is 1. The minimum Gasteiger partial charge on any atom is -0.497 e. The molecule has 0 aliphatic carbocycles. The summed E-state index contributed by atoms with van der Waals surface area (Å²) < 4.78 is 87.1. The van der Waals surface area contributed by atoms with Crippen LogP contribution >= 0.6 is 0 Å². The second-order valence-corrected chi connectivity index (χ2v) is 8.83. The van der Waals surface area contributed by atoms with Gasteiger partial charge in [0.1, 0.15) is 11.3 Å². The molecule has 2 aromatic carbocycles. The molecule has 4 aromatic rings. The molecular formula is C26H23F6N5O2. The lowest BCUT2D eigenvalue weighted by molar-refractivity contribution is -0.139. The first-order valence-electron chi connectivity index (χ1n) is 11.6. The number of halogens is 6. The molecule has 0 saturated heterocycles. The molecule has 0 radical (unpaired) electrons. The van der Waals surface area contributed by atoms with Gasteiger partial charge in [-0.1, -0.05) is 30.3 Å². The van der Waals surface area contributed by atoms with Gasteiger partial charge in [-0.15, -0.1) is 0 Å². The molecule has 4 rings (SSSR count). The molecule has 1 amide bonds. The molecule has 0 fully saturated rings. The fourth-order valence-corrected chi connectivity index (χ4v) is 4.07. The molecule has 0 aliphatic rings. The third kappa shape index (κ3) is 6.41. The Labute approximate surface area is 218 Å². The first kappa shape index (κ1) is 27.7. The maximum absolute atomic E-state index is 14.0. The van der Waals surface area contributed by atoms with E-state index in [1.165, 1.54) is 13.2 Å². The van der Waals surface area contributed by atoms with E-state index in [9.17, 15) is 31.1 Å². The first-order valence-corrected chi connectivity index (χ1v) is 11.6. The number of H-pyrrole nitrogens is 2. The number of benzene rings is 2. The van der Waals surface area contributed by atoms with Crippen molar-refractivity contribution in [2.75, 3.05) is 7.11 Å². The number of aromatic nitrogens is 4. The van der Waals surface area contributed by atoms with Crippen LogP contribution in [0, 0.1) is 6.92 Å². The summed E-state index contributed by atoms with van der Waals surface area (Å²) in [5, 5.41) is 14.8. The second-order valence-electron chi connectivity index (χ2n) is 8.83. The van der Waals surface area contributed by atoms with E-state index >= 15 is 0 Å². The first-order chi connectivity index (χ1) is 18.4. The fourth-order valence-electron chi connectivity index (χ4n) is 4.07. The van der Waals surface area contributed by atoms with Crippen molar-refractivity contribution in [1.82, 2.24) is 25.7 Å². The predicted molar refractivity (Wildman–Crippen MR) is 128 cm³/mol. The highest BCUT2D eigenvalue weighted by molar-refractivity contribution is 5.94. The Kier molecular flexibility index (Phi) is 7.70. The number of ether oxygens (including phenoxy) is 1. The van der Waals surface area contributed by atoms with E-state index in [0.29, 0.717) is 12.0 Å². The van der Waals surface area contributed by atoms with Crippen LogP contribution in [0.15, 0.2) is 48.7 Å². The summed E-state index contributed by atoms with van der Waals surface area (Å²) >= 11 is 0. The Morgan fingerprint density at radius 1 is 0.923 bits per heavy atom. The van der Waals surface area contributed by atoms with Gasteiger partial charge >= 0.3 is 12.4 Å². The molecule has 2 aromatic heterocycles. The molecule has 7 nitrogen and oxygen atoms in total. The average Bonchev–Trinajstić information content (AvgIpc) is 3.49. The van der Waals surface area contributed by atoms with Gasteiger partial charge in [-0.2, -0.15) is 36.5 Å². The minimum absolute atomic E-state index is 0.0573. The van der Waals surface area contributed by atoms with Gasteiger partial charge in [0.25, 0.3) is 5.91 Å². The maximum atomic E-state index is 14.0. The van der Waals surface area contributed by atoms with Crippen LogP contribution in [0.25, 0.3) is 0 Å². The lowest BCUT2D eigenvalue weighted by atomic mass is 10.0. The highest BCUT2D eigenvalue weighted by atomic mass is 19.4. The molecule has 2 heterocycles. The van der Waals surface area contributed by atoms with Crippen LogP contribution in [0.5, 0.6) is 5.75 Å². The maximum Gasteiger partial charge on any atom is 0.420 e. The molecule has 0 unspecified atom stereocenters. The van der Waals surface area contributed by atoms with Crippen molar-refractivity contribution in [3.05, 3.63) is 99.1 Å². The van der Waals surface area contributed by atoms with Gasteiger partial charge in [0.05, 0.1) is 24.6 Å². The highest BCUT2D eigenvalue weighted by Gasteiger charge is 2.41. The number of carbonyl (C=O) groups is 1. The number of amides is 1. The Morgan fingerprint density at radius 3 is 2.10 bits per heavy atom. The van der Waals surface area contributed by atoms with Gasteiger partial charge in [-0.05, 0) is 41.3 Å². The summed E-state index contributed by atoms with van der Waals surface area (Å²) in [6.45, 7) is 1.23. The van der Waals surface area contributed by atoms with Crippen LogP contribution in [0.1, 0.15) is 55.3 Å². The topological polar surface area (TPSA) is 95.7 Å². The number of aromatic amines is 2. The second kappa shape index (κ2) is 10.8. The number of alkyl halides is 6. The lowest BCUT2D eigenvalue weighted by Crippen LogP contribution is -2.27. The van der Waals surface area contributed by atoms with E-state index in [1.54, 1.807) is 30.5 Å². The van der Waals surface area contributed by atoms with Crippen molar-refractivity contribution in [3.8, 4) is 5.75 Å². The van der Waals surface area contributed by atoms with Gasteiger partial charge < -0.3 is 10.1 Å². The van der Waals surface area contributed by atoms with Crippen LogP contribution in [-0.2, 0) is 31.7 Å². The summed E-state index contributed by atoms with van der Waals surface area (Å²) in [5.41, 5.74) is -0.627. The SMILES string of the molecule is COc1ccc(CNC(=O)c2n[nH]c(Cc3ccc(Cc4[nH]ncc4C)cc3)c2C(F)(F)F)c(C(F)(F)F)c1. The van der Waals surface area contributed by atoms with Gasteiger partial charge in [-0.25, -0.2) is 0 Å². The third-order valence-electron chi connectivity index (χ3n) is 6.12. The zero-order valence-electron chi connectivity index (χ0n) is 20.7. The quantitative estimate of drug-likeness (QED) is 0.249. The van der Waals surface area contributed by atoms with Gasteiger partial charge in [0.2, 0.25) is 0 Å². The minimum atomic E-state index is -4.94. The van der Waals surface area contributed by atoms with Crippen LogP contribution in [0.3, 0.4) is 0 Å². The number of aryl methyl sites for hydroxylation is 1. The van der Waals surface area contributed by atoms with Crippen molar-refractivity contribution < 1.29 is 35.9 Å². The Hall–Kier alpha value is -4.29. The standard InChI is InChI=1S/C26H23F6N5O2/c1-14-12-34-35-20(14)9-15-3-5-16(6-4-15)10-21-22(26(30,31)32)23(37-36-21)24(38)33-13-17-7-8-18(39-2)11-19(17)25(27,28)29/h3-8,11-12H,9-10,13H2,1-2H3,(H,33,38)(H,34,35)(H,36,37). The monoisotopic (exact) mass is 551 g/mol. The van der Waals surface area contributed by atoms with Gasteiger partial charge in [-0.3, -0.25) is 15.0 Å². The summed E-state index contributed by atoms with van der Waals surface area (Å²) in [5.74, 6) is -1.32. The molecule has 13 heteroatoms. The van der Waals surface area contributed by atoms with E-state index in [2.05, 4.69) is 25.7 Å². The molecule has 206 valence electrons. The Bertz CT molecular complexity index is 1450. The number of carbonyl (C=O) groups excluding carboxylic acids is 1. The Morgan fingerprint density at radius 2 is 1.56 bits per heavy atom. The molecule has 0 saturated carbocycles. The molecule has 0 aliphatic heterocycles. The smallest absolute Gasteiger partial charge is 0.420 e. The van der Waals surface area contributed by atoms with Gasteiger partial charge in [0.15, 0.2) is 5.69 Å². The molecule has 3 N–H and O–H groups in total. The average molecular weight is 551 g/mol. The van der Waals surface area contributed by atoms with Crippen molar-refractivity contribution in [2.45, 2.75) is 38.7 Å². The van der Waals surface area contributed by atoms with Crippen molar-refractivity contribution in [1.29, 1.82) is 0 Å². The zero-order valence-corrected chi connectivity index (χ0v) is 20.7. The van der Waals surface area contributed by atoms with Crippen LogP contribution in [-0.4, -0.2) is 33.4 Å². The van der Waals surface area contributed by atoms with Crippen molar-refractivity contribution in [3.63, 3.8) is 0 Å². The van der Waals surface area contributed by atoms with Crippen molar-refractivity contribution in [2.24, 2.45) is 0 Å². The molecule has 39 heavy (non-hydrogen) atoms. The van der Waals surface area contributed by atoms with Crippen LogP contribution in [0.4, 0.5) is 26.3 Å². The van der Waals surface area contributed by atoms with Crippen LogP contribution in [0.2, 0.25) is 0 Å². The Balaban J connectivity index is 1.52. The summed E-state index contributed by atoms with van der Waals surface area (Å²) in [7, 11) is 1.20. The normalized spacial score (nSPS) is 12.0. The van der Waals surface area contributed by atoms with E-state index in [4.69, 9.17) is 4.74 Å². The number of hydrogen-bond donors (Lipinski definition) is 3. The molecular weight excluding hydrogens is 528 g/mol. The van der Waals surface area contributed by atoms with E-state index in [-0.39, 0.29) is 23.4 Å². The largest absolute Gasteiger partial charge is 0.497 e. The highest BCUT2D eigenvalue weighted by Crippen LogP contribution is 2.36. The molecule has 0 atom stereocenters. The van der Waals surface area contributed by atoms with E-state index in [1.807, 2.05) is 6.92 Å². The number of nitrogens with one attached hydrogen (secondary N) is 3. The van der Waals surface area contributed by atoms with Crippen molar-refractivity contribution >= 4 is 5.91 Å². The molecule has 0 bridgehead atoms. The van der Waals surface area contributed by atoms with Crippen LogP contribution < -0.4 is 10.1 Å². The molecule has 0 spiro atoms. The van der Waals surface area contributed by atoms with E-state index < -0.39 is 41.6 Å². The summed E-state index contributed by atoms with van der Waals surface area (Å²) in [6.07, 6.45) is -7.64. The third-order valence-corrected chi connectivity index (χ3v) is 6.12. The van der Waals surface area contributed by atoms with E-state index in [0.717, 1.165) is 29.0 Å².